The van der Waals surface area contributed by atoms with Crippen LogP contribution in [0.1, 0.15) is 11.1 Å². The monoisotopic (exact) mass is 234 g/mol. The Balaban J connectivity index is 0.000000321. The van der Waals surface area contributed by atoms with Gasteiger partial charge in [0.15, 0.2) is 0 Å². The standard InChI is InChI=1S/C8H8O2.C7H7.Li/c9-8(10)6-7-4-2-1-3-5-7;1-7-5-3-2-4-6-7;/h1-5H,6H2,(H,9,10);2-6H,1H2;/q;-1;+1. The Kier molecular flexibility index (Phi) is 8.56. The molecule has 2 rings (SSSR count). The quantitative estimate of drug-likeness (QED) is 0.595. The Morgan fingerprint density at radius 2 is 1.39 bits per heavy atom. The van der Waals surface area contributed by atoms with Crippen molar-refractivity contribution in [2.45, 2.75) is 6.42 Å². The summed E-state index contributed by atoms with van der Waals surface area (Å²) in [6.45, 7) is 3.72. The fraction of sp³-hybridized carbons (Fsp3) is 0.0667. The largest absolute Gasteiger partial charge is 1.00 e. The fourth-order valence-corrected chi connectivity index (χ4v) is 1.25. The average molecular weight is 234 g/mol. The molecule has 0 aliphatic carbocycles. The van der Waals surface area contributed by atoms with Crippen LogP contribution in [-0.2, 0) is 11.2 Å². The van der Waals surface area contributed by atoms with E-state index in [1.807, 2.05) is 48.5 Å². The van der Waals surface area contributed by atoms with Crippen molar-refractivity contribution in [1.82, 2.24) is 0 Å². The molecular formula is C15H15LiO2. The second-order valence-electron chi connectivity index (χ2n) is 3.54. The first-order valence-electron chi connectivity index (χ1n) is 5.31. The third-order valence-corrected chi connectivity index (χ3v) is 2.04. The van der Waals surface area contributed by atoms with Gasteiger partial charge in [-0.25, -0.2) is 0 Å². The Bertz CT molecular complexity index is 441. The van der Waals surface area contributed by atoms with Gasteiger partial charge in [0.1, 0.15) is 0 Å². The molecule has 0 amide bonds. The molecule has 0 unspecified atom stereocenters. The Morgan fingerprint density at radius 3 is 1.72 bits per heavy atom. The first-order valence-corrected chi connectivity index (χ1v) is 5.31. The van der Waals surface area contributed by atoms with Crippen LogP contribution in [0.5, 0.6) is 0 Å². The van der Waals surface area contributed by atoms with E-state index in [0.717, 1.165) is 11.1 Å². The van der Waals surface area contributed by atoms with E-state index in [-0.39, 0.29) is 25.3 Å². The number of carboxylic acids is 1. The van der Waals surface area contributed by atoms with Crippen molar-refractivity contribution in [3.05, 3.63) is 78.7 Å². The van der Waals surface area contributed by atoms with Gasteiger partial charge in [0.25, 0.3) is 0 Å². The van der Waals surface area contributed by atoms with E-state index in [1.54, 1.807) is 12.1 Å². The summed E-state index contributed by atoms with van der Waals surface area (Å²) in [4.78, 5) is 10.2. The molecule has 0 saturated carbocycles. The van der Waals surface area contributed by atoms with Crippen LogP contribution in [0.2, 0.25) is 0 Å². The summed E-state index contributed by atoms with van der Waals surface area (Å²) >= 11 is 0. The van der Waals surface area contributed by atoms with Gasteiger partial charge in [0.2, 0.25) is 0 Å². The number of hydrogen-bond donors (Lipinski definition) is 1. The van der Waals surface area contributed by atoms with Crippen LogP contribution in [0.4, 0.5) is 0 Å². The van der Waals surface area contributed by atoms with E-state index in [4.69, 9.17) is 5.11 Å². The van der Waals surface area contributed by atoms with E-state index >= 15 is 0 Å². The van der Waals surface area contributed by atoms with E-state index in [1.165, 1.54) is 0 Å². The summed E-state index contributed by atoms with van der Waals surface area (Å²) in [6, 6.07) is 19.0. The van der Waals surface area contributed by atoms with E-state index in [0.29, 0.717) is 0 Å². The average Bonchev–Trinajstić information content (AvgIpc) is 2.31. The zero-order chi connectivity index (χ0) is 12.5. The van der Waals surface area contributed by atoms with Crippen LogP contribution >= 0.6 is 0 Å². The molecule has 3 heteroatoms. The second-order valence-corrected chi connectivity index (χ2v) is 3.54. The summed E-state index contributed by atoms with van der Waals surface area (Å²) in [5, 5.41) is 8.37. The molecule has 0 heterocycles. The topological polar surface area (TPSA) is 37.3 Å². The van der Waals surface area contributed by atoms with Crippen LogP contribution < -0.4 is 18.9 Å². The van der Waals surface area contributed by atoms with Gasteiger partial charge >= 0.3 is 24.8 Å². The Labute approximate surface area is 120 Å². The molecule has 1 N–H and O–H groups in total. The smallest absolute Gasteiger partial charge is 0.481 e. The molecule has 0 atom stereocenters. The Morgan fingerprint density at radius 1 is 0.944 bits per heavy atom. The van der Waals surface area contributed by atoms with Gasteiger partial charge < -0.3 is 5.11 Å². The van der Waals surface area contributed by atoms with Crippen LogP contribution in [0.3, 0.4) is 0 Å². The number of carbonyl (C=O) groups is 1. The van der Waals surface area contributed by atoms with Crippen LogP contribution in [0, 0.1) is 6.92 Å². The summed E-state index contributed by atoms with van der Waals surface area (Å²) < 4.78 is 0. The molecular weight excluding hydrogens is 219 g/mol. The van der Waals surface area contributed by atoms with Gasteiger partial charge in [0.05, 0.1) is 6.42 Å². The van der Waals surface area contributed by atoms with Crippen LogP contribution in [-0.4, -0.2) is 11.1 Å². The molecule has 0 aliphatic rings. The number of carboxylic acid groups (broad SMARTS) is 1. The van der Waals surface area contributed by atoms with Crippen molar-refractivity contribution in [2.75, 3.05) is 0 Å². The van der Waals surface area contributed by atoms with Gasteiger partial charge in [-0.05, 0) is 5.56 Å². The SMILES string of the molecule is O=C(O)Cc1ccccc1.[CH2-]c1ccccc1.[Li+]. The second kappa shape index (κ2) is 9.41. The third-order valence-electron chi connectivity index (χ3n) is 2.04. The van der Waals surface area contributed by atoms with Crippen molar-refractivity contribution in [2.24, 2.45) is 0 Å². The molecule has 2 nitrogen and oxygen atoms in total. The molecule has 0 bridgehead atoms. The number of rotatable bonds is 2. The molecule has 2 aromatic carbocycles. The van der Waals surface area contributed by atoms with Gasteiger partial charge in [0, 0.05) is 0 Å². The van der Waals surface area contributed by atoms with Crippen molar-refractivity contribution in [3.8, 4) is 0 Å². The fourth-order valence-electron chi connectivity index (χ4n) is 1.25. The summed E-state index contributed by atoms with van der Waals surface area (Å²) in [5.74, 6) is -0.786. The normalized spacial score (nSPS) is 8.44. The first kappa shape index (κ1) is 16.4. The van der Waals surface area contributed by atoms with E-state index in [2.05, 4.69) is 6.92 Å². The van der Waals surface area contributed by atoms with E-state index < -0.39 is 5.97 Å². The Hall–Kier alpha value is -1.62. The molecule has 0 aromatic heterocycles. The molecule has 18 heavy (non-hydrogen) atoms. The minimum atomic E-state index is -0.786. The van der Waals surface area contributed by atoms with E-state index in [9.17, 15) is 4.79 Å². The van der Waals surface area contributed by atoms with Crippen LogP contribution in [0.25, 0.3) is 0 Å². The maximum Gasteiger partial charge on any atom is 1.00 e. The molecule has 0 saturated heterocycles. The third kappa shape index (κ3) is 7.62. The van der Waals surface area contributed by atoms with Crippen LogP contribution in [0.15, 0.2) is 60.7 Å². The minimum absolute atomic E-state index is 0. The molecule has 0 spiro atoms. The maximum atomic E-state index is 10.2. The molecule has 2 aromatic rings. The van der Waals surface area contributed by atoms with Gasteiger partial charge in [-0.15, -0.1) is 12.1 Å². The maximum absolute atomic E-state index is 10.2. The predicted octanol–water partition coefficient (Wildman–Crippen LogP) is 0.186. The number of benzene rings is 2. The molecule has 0 fully saturated rings. The molecule has 0 aliphatic heterocycles. The zero-order valence-corrected chi connectivity index (χ0v) is 10.5. The number of aliphatic carboxylic acids is 1. The minimum Gasteiger partial charge on any atom is -0.481 e. The molecule has 88 valence electrons. The van der Waals surface area contributed by atoms with Crippen molar-refractivity contribution in [1.29, 1.82) is 0 Å². The summed E-state index contributed by atoms with van der Waals surface area (Å²) in [7, 11) is 0. The van der Waals surface area contributed by atoms with Crippen molar-refractivity contribution in [3.63, 3.8) is 0 Å². The van der Waals surface area contributed by atoms with Gasteiger partial charge in [-0.1, -0.05) is 36.4 Å². The van der Waals surface area contributed by atoms with Crippen molar-refractivity contribution < 1.29 is 28.8 Å². The summed E-state index contributed by atoms with van der Waals surface area (Å²) in [5.41, 5.74) is 1.91. The number of hydrogen-bond acceptors (Lipinski definition) is 1. The van der Waals surface area contributed by atoms with Gasteiger partial charge in [-0.3, -0.25) is 4.79 Å². The zero-order valence-electron chi connectivity index (χ0n) is 10.5. The molecule has 0 radical (unpaired) electrons. The summed E-state index contributed by atoms with van der Waals surface area (Å²) in [6.07, 6.45) is 0.112. The first-order chi connectivity index (χ1) is 8.18. The van der Waals surface area contributed by atoms with Gasteiger partial charge in [-0.2, -0.15) is 24.6 Å². The van der Waals surface area contributed by atoms with Crippen molar-refractivity contribution >= 4 is 5.97 Å². The predicted molar refractivity (Wildman–Crippen MR) is 68.7 cm³/mol.